The number of esters is 1. The summed E-state index contributed by atoms with van der Waals surface area (Å²) >= 11 is 0. The Morgan fingerprint density at radius 1 is 1.32 bits per heavy atom. The maximum absolute atomic E-state index is 12.2. The third-order valence-electron chi connectivity index (χ3n) is 3.29. The standard InChI is InChI=1S/C12H22N2O4.ClH/c1-9(8-10(15)17-2)14-11(16)12(18-3)4-6-13-7-5-12;/h9,13H,4-8H2,1-3H3,(H,14,16);1H. The molecule has 0 aromatic heterocycles. The van der Waals surface area contributed by atoms with E-state index in [1.54, 1.807) is 14.0 Å². The Balaban J connectivity index is 0.00000324. The van der Waals surface area contributed by atoms with E-state index in [4.69, 9.17) is 4.74 Å². The first-order chi connectivity index (χ1) is 8.54. The molecule has 1 atom stereocenters. The van der Waals surface area contributed by atoms with E-state index >= 15 is 0 Å². The van der Waals surface area contributed by atoms with Crippen molar-refractivity contribution < 1.29 is 19.1 Å². The molecule has 0 saturated carbocycles. The van der Waals surface area contributed by atoms with Gasteiger partial charge in [0, 0.05) is 13.2 Å². The predicted octanol–water partition coefficient (Wildman–Crippen LogP) is 0.245. The van der Waals surface area contributed by atoms with Gasteiger partial charge in [-0.2, -0.15) is 0 Å². The van der Waals surface area contributed by atoms with Gasteiger partial charge in [-0.25, -0.2) is 0 Å². The molecule has 0 aromatic carbocycles. The molecule has 2 N–H and O–H groups in total. The molecule has 1 heterocycles. The summed E-state index contributed by atoms with van der Waals surface area (Å²) in [6.45, 7) is 3.29. The van der Waals surface area contributed by atoms with E-state index in [0.717, 1.165) is 13.1 Å². The van der Waals surface area contributed by atoms with Crippen LogP contribution < -0.4 is 10.6 Å². The fourth-order valence-electron chi connectivity index (χ4n) is 2.09. The monoisotopic (exact) mass is 294 g/mol. The van der Waals surface area contributed by atoms with Crippen LogP contribution >= 0.6 is 12.4 Å². The van der Waals surface area contributed by atoms with E-state index in [9.17, 15) is 9.59 Å². The topological polar surface area (TPSA) is 76.7 Å². The van der Waals surface area contributed by atoms with E-state index in [-0.39, 0.29) is 36.7 Å². The summed E-state index contributed by atoms with van der Waals surface area (Å²) < 4.78 is 9.97. The molecule has 1 amide bonds. The lowest BCUT2D eigenvalue weighted by molar-refractivity contribution is -0.148. The molecule has 6 nitrogen and oxygen atoms in total. The van der Waals surface area contributed by atoms with Gasteiger partial charge >= 0.3 is 5.97 Å². The Morgan fingerprint density at radius 3 is 2.37 bits per heavy atom. The molecule has 1 unspecified atom stereocenters. The normalized spacial score (nSPS) is 18.9. The van der Waals surface area contributed by atoms with Gasteiger partial charge < -0.3 is 20.1 Å². The average molecular weight is 295 g/mol. The highest BCUT2D eigenvalue weighted by atomic mass is 35.5. The van der Waals surface area contributed by atoms with Crippen molar-refractivity contribution in [2.45, 2.75) is 37.8 Å². The number of carbonyl (C=O) groups is 2. The second-order valence-corrected chi connectivity index (χ2v) is 4.60. The summed E-state index contributed by atoms with van der Waals surface area (Å²) in [5.74, 6) is -0.484. The Bertz CT molecular complexity index is 306. The third-order valence-corrected chi connectivity index (χ3v) is 3.29. The molecule has 0 aromatic rings. The molecule has 1 aliphatic rings. The highest BCUT2D eigenvalue weighted by Gasteiger charge is 2.40. The van der Waals surface area contributed by atoms with Gasteiger partial charge in [-0.1, -0.05) is 0 Å². The van der Waals surface area contributed by atoms with Gasteiger partial charge in [0.25, 0.3) is 5.91 Å². The van der Waals surface area contributed by atoms with Crippen LogP contribution in [0.5, 0.6) is 0 Å². The van der Waals surface area contributed by atoms with E-state index in [2.05, 4.69) is 15.4 Å². The molecular formula is C12H23ClN2O4. The molecular weight excluding hydrogens is 272 g/mol. The Kier molecular flexibility index (Phi) is 7.97. The summed E-state index contributed by atoms with van der Waals surface area (Å²) in [6, 6.07) is -0.258. The molecule has 112 valence electrons. The van der Waals surface area contributed by atoms with Crippen LogP contribution in [0, 0.1) is 0 Å². The molecule has 0 aliphatic carbocycles. The number of methoxy groups -OCH3 is 2. The Morgan fingerprint density at radius 2 is 1.89 bits per heavy atom. The number of rotatable bonds is 5. The summed E-state index contributed by atoms with van der Waals surface area (Å²) in [4.78, 5) is 23.3. The second-order valence-electron chi connectivity index (χ2n) is 4.60. The first kappa shape index (κ1) is 18.1. The van der Waals surface area contributed by atoms with Crippen molar-refractivity contribution in [2.75, 3.05) is 27.3 Å². The minimum atomic E-state index is -0.768. The van der Waals surface area contributed by atoms with Crippen molar-refractivity contribution in [1.82, 2.24) is 10.6 Å². The summed E-state index contributed by atoms with van der Waals surface area (Å²) in [6.07, 6.45) is 1.45. The van der Waals surface area contributed by atoms with Crippen LogP contribution in [-0.2, 0) is 19.1 Å². The fourth-order valence-corrected chi connectivity index (χ4v) is 2.09. The smallest absolute Gasteiger partial charge is 0.307 e. The lowest BCUT2D eigenvalue weighted by Gasteiger charge is -2.35. The minimum Gasteiger partial charge on any atom is -0.469 e. The van der Waals surface area contributed by atoms with Gasteiger partial charge in [-0.15, -0.1) is 12.4 Å². The van der Waals surface area contributed by atoms with Crippen LogP contribution in [0.2, 0.25) is 0 Å². The van der Waals surface area contributed by atoms with Crippen LogP contribution in [0.3, 0.4) is 0 Å². The SMILES string of the molecule is COC(=O)CC(C)NC(=O)C1(OC)CCNCC1.Cl. The van der Waals surface area contributed by atoms with Gasteiger partial charge in [0.15, 0.2) is 0 Å². The van der Waals surface area contributed by atoms with Crippen LogP contribution in [0.1, 0.15) is 26.2 Å². The lowest BCUT2D eigenvalue weighted by atomic mass is 9.90. The predicted molar refractivity (Wildman–Crippen MR) is 73.3 cm³/mol. The lowest BCUT2D eigenvalue weighted by Crippen LogP contribution is -2.55. The third kappa shape index (κ3) is 4.97. The van der Waals surface area contributed by atoms with Gasteiger partial charge in [0.1, 0.15) is 5.60 Å². The van der Waals surface area contributed by atoms with Gasteiger partial charge in [-0.3, -0.25) is 9.59 Å². The zero-order valence-corrected chi connectivity index (χ0v) is 12.5. The molecule has 1 aliphatic heterocycles. The van der Waals surface area contributed by atoms with Crippen LogP contribution in [0.25, 0.3) is 0 Å². The number of ether oxygens (including phenoxy) is 2. The first-order valence-electron chi connectivity index (χ1n) is 6.18. The number of piperidine rings is 1. The summed E-state index contributed by atoms with van der Waals surface area (Å²) in [5.41, 5.74) is -0.768. The molecule has 1 rings (SSSR count). The largest absolute Gasteiger partial charge is 0.469 e. The maximum atomic E-state index is 12.2. The van der Waals surface area contributed by atoms with Crippen LogP contribution in [0.4, 0.5) is 0 Å². The van der Waals surface area contributed by atoms with Crippen LogP contribution in [0.15, 0.2) is 0 Å². The number of hydrogen-bond donors (Lipinski definition) is 2. The quantitative estimate of drug-likeness (QED) is 0.711. The first-order valence-corrected chi connectivity index (χ1v) is 6.18. The molecule has 0 spiro atoms. The van der Waals surface area contributed by atoms with E-state index in [1.807, 2.05) is 0 Å². The van der Waals surface area contributed by atoms with Gasteiger partial charge in [0.2, 0.25) is 0 Å². The maximum Gasteiger partial charge on any atom is 0.307 e. The van der Waals surface area contributed by atoms with E-state index in [1.165, 1.54) is 7.11 Å². The fraction of sp³-hybridized carbons (Fsp3) is 0.833. The summed E-state index contributed by atoms with van der Waals surface area (Å²) in [7, 11) is 2.89. The molecule has 1 saturated heterocycles. The van der Waals surface area contributed by atoms with Crippen molar-refractivity contribution in [3.05, 3.63) is 0 Å². The molecule has 0 radical (unpaired) electrons. The van der Waals surface area contributed by atoms with Gasteiger partial charge in [-0.05, 0) is 32.9 Å². The van der Waals surface area contributed by atoms with E-state index < -0.39 is 5.60 Å². The second kappa shape index (κ2) is 8.35. The van der Waals surface area contributed by atoms with Crippen molar-refractivity contribution in [1.29, 1.82) is 0 Å². The number of nitrogens with one attached hydrogen (secondary N) is 2. The Labute approximate surface area is 120 Å². The number of carbonyl (C=O) groups excluding carboxylic acids is 2. The Hall–Kier alpha value is -0.850. The average Bonchev–Trinajstić information content (AvgIpc) is 2.39. The molecule has 0 bridgehead atoms. The molecule has 1 fully saturated rings. The van der Waals surface area contributed by atoms with Crippen molar-refractivity contribution in [2.24, 2.45) is 0 Å². The highest BCUT2D eigenvalue weighted by Crippen LogP contribution is 2.22. The molecule has 7 heteroatoms. The van der Waals surface area contributed by atoms with Crippen molar-refractivity contribution in [3.63, 3.8) is 0 Å². The number of amides is 1. The van der Waals surface area contributed by atoms with Crippen molar-refractivity contribution in [3.8, 4) is 0 Å². The molecule has 19 heavy (non-hydrogen) atoms. The van der Waals surface area contributed by atoms with Gasteiger partial charge in [0.05, 0.1) is 13.5 Å². The number of hydrogen-bond acceptors (Lipinski definition) is 5. The van der Waals surface area contributed by atoms with Crippen LogP contribution in [-0.4, -0.2) is 50.8 Å². The number of halogens is 1. The zero-order valence-electron chi connectivity index (χ0n) is 11.7. The highest BCUT2D eigenvalue weighted by molar-refractivity contribution is 5.86. The van der Waals surface area contributed by atoms with E-state index in [0.29, 0.717) is 12.8 Å². The van der Waals surface area contributed by atoms with Crippen molar-refractivity contribution >= 4 is 24.3 Å². The zero-order chi connectivity index (χ0) is 13.6. The minimum absolute atomic E-state index is 0. The summed E-state index contributed by atoms with van der Waals surface area (Å²) in [5, 5.41) is 6.00.